The van der Waals surface area contributed by atoms with Crippen LogP contribution in [-0.4, -0.2) is 12.5 Å². The minimum absolute atomic E-state index is 0.0515. The normalized spacial score (nSPS) is 10.8. The quantitative estimate of drug-likeness (QED) is 0.787. The molecule has 0 saturated heterocycles. The van der Waals surface area contributed by atoms with Crippen LogP contribution in [0.15, 0.2) is 30.3 Å². The number of halogens is 1. The fraction of sp³-hybridized carbons (Fsp3) is 0.350. The van der Waals surface area contributed by atoms with Gasteiger partial charge in [0.15, 0.2) is 6.61 Å². The first-order valence-corrected chi connectivity index (χ1v) is 8.45. The van der Waals surface area contributed by atoms with Crippen molar-refractivity contribution in [2.24, 2.45) is 0 Å². The second kappa shape index (κ2) is 7.71. The van der Waals surface area contributed by atoms with Gasteiger partial charge in [-0.3, -0.25) is 4.79 Å². The van der Waals surface area contributed by atoms with Gasteiger partial charge in [0.1, 0.15) is 5.75 Å². The Kier molecular flexibility index (Phi) is 5.89. The van der Waals surface area contributed by atoms with Crippen molar-refractivity contribution < 1.29 is 9.53 Å². The molecule has 3 nitrogen and oxygen atoms in total. The van der Waals surface area contributed by atoms with E-state index in [0.717, 1.165) is 11.1 Å². The summed E-state index contributed by atoms with van der Waals surface area (Å²) >= 11 is 6.21. The third-order valence-electron chi connectivity index (χ3n) is 3.93. The SMILES string of the molecule is Cc1cc(C)c(NC(=O)COc2ccc(C(C)C)c(C)c2)c(Cl)c1. The van der Waals surface area contributed by atoms with Crippen LogP contribution in [0.5, 0.6) is 5.75 Å². The minimum Gasteiger partial charge on any atom is -0.484 e. The number of nitrogens with one attached hydrogen (secondary N) is 1. The number of carbonyl (C=O) groups excluding carboxylic acids is 1. The number of amides is 1. The maximum Gasteiger partial charge on any atom is 0.262 e. The van der Waals surface area contributed by atoms with Gasteiger partial charge < -0.3 is 10.1 Å². The van der Waals surface area contributed by atoms with Crippen LogP contribution < -0.4 is 10.1 Å². The first-order valence-electron chi connectivity index (χ1n) is 8.08. The van der Waals surface area contributed by atoms with Gasteiger partial charge in [-0.05, 0) is 67.1 Å². The highest BCUT2D eigenvalue weighted by atomic mass is 35.5. The van der Waals surface area contributed by atoms with Crippen molar-refractivity contribution in [1.82, 2.24) is 0 Å². The summed E-state index contributed by atoms with van der Waals surface area (Å²) in [5.74, 6) is 0.933. The van der Waals surface area contributed by atoms with Crippen LogP contribution in [0.3, 0.4) is 0 Å². The summed E-state index contributed by atoms with van der Waals surface area (Å²) in [6.07, 6.45) is 0. The van der Waals surface area contributed by atoms with Crippen molar-refractivity contribution in [3.8, 4) is 5.75 Å². The van der Waals surface area contributed by atoms with Gasteiger partial charge in [-0.15, -0.1) is 0 Å². The molecular formula is C20H24ClNO2. The predicted octanol–water partition coefficient (Wildman–Crippen LogP) is 5.41. The lowest BCUT2D eigenvalue weighted by molar-refractivity contribution is -0.118. The minimum atomic E-state index is -0.227. The zero-order valence-corrected chi connectivity index (χ0v) is 15.6. The average Bonchev–Trinajstić information content (AvgIpc) is 2.48. The number of benzene rings is 2. The van der Waals surface area contributed by atoms with Crippen molar-refractivity contribution in [2.75, 3.05) is 11.9 Å². The highest BCUT2D eigenvalue weighted by Crippen LogP contribution is 2.27. The van der Waals surface area contributed by atoms with E-state index in [2.05, 4.69) is 26.1 Å². The molecule has 0 aliphatic rings. The molecule has 0 radical (unpaired) electrons. The van der Waals surface area contributed by atoms with E-state index in [1.807, 2.05) is 44.2 Å². The number of hydrogen-bond donors (Lipinski definition) is 1. The summed E-state index contributed by atoms with van der Waals surface area (Å²) in [5, 5.41) is 3.36. The monoisotopic (exact) mass is 345 g/mol. The molecule has 2 aromatic rings. The second-order valence-corrected chi connectivity index (χ2v) is 6.86. The van der Waals surface area contributed by atoms with Gasteiger partial charge in [0.25, 0.3) is 5.91 Å². The molecule has 4 heteroatoms. The van der Waals surface area contributed by atoms with Gasteiger partial charge in [-0.2, -0.15) is 0 Å². The zero-order valence-electron chi connectivity index (χ0n) is 14.9. The van der Waals surface area contributed by atoms with Crippen molar-refractivity contribution in [3.63, 3.8) is 0 Å². The number of ether oxygens (including phenoxy) is 1. The lowest BCUT2D eigenvalue weighted by Gasteiger charge is -2.14. The van der Waals surface area contributed by atoms with Gasteiger partial charge in [0.05, 0.1) is 10.7 Å². The average molecular weight is 346 g/mol. The van der Waals surface area contributed by atoms with E-state index in [0.29, 0.717) is 22.4 Å². The second-order valence-electron chi connectivity index (χ2n) is 6.45. The predicted molar refractivity (Wildman–Crippen MR) is 100 cm³/mol. The zero-order chi connectivity index (χ0) is 17.9. The van der Waals surface area contributed by atoms with Crippen LogP contribution in [0, 0.1) is 20.8 Å². The molecule has 0 spiro atoms. The molecule has 0 heterocycles. The molecule has 0 aliphatic heterocycles. The molecule has 0 saturated carbocycles. The van der Waals surface area contributed by atoms with E-state index in [-0.39, 0.29) is 12.5 Å². The summed E-state index contributed by atoms with van der Waals surface area (Å²) in [7, 11) is 0. The number of carbonyl (C=O) groups is 1. The molecule has 1 N–H and O–H groups in total. The Hall–Kier alpha value is -2.00. The van der Waals surface area contributed by atoms with Gasteiger partial charge in [-0.1, -0.05) is 37.6 Å². The molecular weight excluding hydrogens is 322 g/mol. The molecule has 2 rings (SSSR count). The van der Waals surface area contributed by atoms with Gasteiger partial charge in [0, 0.05) is 0 Å². The van der Waals surface area contributed by atoms with Gasteiger partial charge >= 0.3 is 0 Å². The summed E-state index contributed by atoms with van der Waals surface area (Å²) < 4.78 is 5.60. The molecule has 0 atom stereocenters. The van der Waals surface area contributed by atoms with Crippen LogP contribution in [0.1, 0.15) is 42.0 Å². The summed E-state index contributed by atoms with van der Waals surface area (Å²) in [6, 6.07) is 9.73. The molecule has 24 heavy (non-hydrogen) atoms. The molecule has 1 amide bonds. The number of aryl methyl sites for hydroxylation is 3. The largest absolute Gasteiger partial charge is 0.484 e. The fourth-order valence-electron chi connectivity index (χ4n) is 2.78. The van der Waals surface area contributed by atoms with Crippen LogP contribution in [0.2, 0.25) is 5.02 Å². The fourth-order valence-corrected chi connectivity index (χ4v) is 3.15. The van der Waals surface area contributed by atoms with Crippen LogP contribution in [0.25, 0.3) is 0 Å². The Morgan fingerprint density at radius 2 is 1.83 bits per heavy atom. The molecule has 0 fully saturated rings. The van der Waals surface area contributed by atoms with Crippen molar-refractivity contribution in [1.29, 1.82) is 0 Å². The number of anilines is 1. The Labute approximate surface area is 149 Å². The molecule has 0 aliphatic carbocycles. The van der Waals surface area contributed by atoms with Gasteiger partial charge in [0.2, 0.25) is 0 Å². The van der Waals surface area contributed by atoms with Crippen molar-refractivity contribution >= 4 is 23.2 Å². The van der Waals surface area contributed by atoms with Crippen LogP contribution >= 0.6 is 11.6 Å². The van der Waals surface area contributed by atoms with Crippen LogP contribution in [0.4, 0.5) is 5.69 Å². The number of rotatable bonds is 5. The van der Waals surface area contributed by atoms with E-state index < -0.39 is 0 Å². The summed E-state index contributed by atoms with van der Waals surface area (Å²) in [5.41, 5.74) is 5.09. The number of hydrogen-bond acceptors (Lipinski definition) is 2. The first-order chi connectivity index (χ1) is 11.3. The van der Waals surface area contributed by atoms with E-state index in [1.165, 1.54) is 11.1 Å². The highest BCUT2D eigenvalue weighted by Gasteiger charge is 2.11. The Balaban J connectivity index is 2.00. The maximum atomic E-state index is 12.1. The lowest BCUT2D eigenvalue weighted by atomic mass is 9.98. The van der Waals surface area contributed by atoms with Crippen molar-refractivity contribution in [2.45, 2.75) is 40.5 Å². The van der Waals surface area contributed by atoms with E-state index in [9.17, 15) is 4.79 Å². The van der Waals surface area contributed by atoms with E-state index >= 15 is 0 Å². The Morgan fingerprint density at radius 1 is 1.12 bits per heavy atom. The third kappa shape index (κ3) is 4.51. The standard InChI is InChI=1S/C20H24ClNO2/c1-12(2)17-7-6-16(10-14(17)4)24-11-19(23)22-20-15(5)8-13(3)9-18(20)21/h6-10,12H,11H2,1-5H3,(H,22,23). The maximum absolute atomic E-state index is 12.1. The molecule has 0 aromatic heterocycles. The lowest BCUT2D eigenvalue weighted by Crippen LogP contribution is -2.21. The Morgan fingerprint density at radius 3 is 2.42 bits per heavy atom. The summed E-state index contributed by atoms with van der Waals surface area (Å²) in [4.78, 5) is 12.1. The van der Waals surface area contributed by atoms with E-state index in [4.69, 9.17) is 16.3 Å². The highest BCUT2D eigenvalue weighted by molar-refractivity contribution is 6.34. The molecule has 128 valence electrons. The van der Waals surface area contributed by atoms with E-state index in [1.54, 1.807) is 0 Å². The molecule has 2 aromatic carbocycles. The van der Waals surface area contributed by atoms with Crippen LogP contribution in [-0.2, 0) is 4.79 Å². The van der Waals surface area contributed by atoms with Crippen molar-refractivity contribution in [3.05, 3.63) is 57.6 Å². The summed E-state index contributed by atoms with van der Waals surface area (Å²) in [6.45, 7) is 10.2. The third-order valence-corrected chi connectivity index (χ3v) is 4.23. The Bertz CT molecular complexity index is 730. The topological polar surface area (TPSA) is 38.3 Å². The molecule has 0 bridgehead atoms. The smallest absolute Gasteiger partial charge is 0.262 e. The molecule has 0 unspecified atom stereocenters. The first kappa shape index (κ1) is 18.3. The van der Waals surface area contributed by atoms with Gasteiger partial charge in [-0.25, -0.2) is 0 Å².